The predicted molar refractivity (Wildman–Crippen MR) is 35.2 cm³/mol. The minimum absolute atomic E-state index is 0.0276. The molecular formula is C4H7NO5S. The summed E-state index contributed by atoms with van der Waals surface area (Å²) < 4.78 is 28.9. The standard InChI is InChI=1S/C4H7NO5S/c1-3(7)4(5-2-6)11(8,9)10/h2,4H,1H3,(H,5,6)(H,8,9,10). The second-order valence-electron chi connectivity index (χ2n) is 1.79. The van der Waals surface area contributed by atoms with Crippen molar-refractivity contribution in [2.24, 2.45) is 0 Å². The second-order valence-corrected chi connectivity index (χ2v) is 3.29. The molecule has 0 rings (SSSR count). The van der Waals surface area contributed by atoms with E-state index in [0.717, 1.165) is 6.92 Å². The Morgan fingerprint density at radius 1 is 1.64 bits per heavy atom. The highest BCUT2D eigenvalue weighted by Crippen LogP contribution is 1.94. The molecule has 0 aliphatic heterocycles. The van der Waals surface area contributed by atoms with Crippen LogP contribution in [0.1, 0.15) is 6.92 Å². The number of ketones is 1. The number of hydrogen-bond acceptors (Lipinski definition) is 4. The molecule has 0 aromatic carbocycles. The number of hydrogen-bond donors (Lipinski definition) is 2. The smallest absolute Gasteiger partial charge is 0.293 e. The zero-order chi connectivity index (χ0) is 9.07. The van der Waals surface area contributed by atoms with Crippen molar-refractivity contribution in [2.45, 2.75) is 12.3 Å². The summed E-state index contributed by atoms with van der Waals surface area (Å²) >= 11 is 0. The van der Waals surface area contributed by atoms with Crippen LogP contribution in [-0.2, 0) is 19.7 Å². The molecule has 0 aromatic heterocycles. The van der Waals surface area contributed by atoms with Gasteiger partial charge in [0.1, 0.15) is 0 Å². The molecule has 64 valence electrons. The lowest BCUT2D eigenvalue weighted by Gasteiger charge is -2.07. The molecule has 0 fully saturated rings. The van der Waals surface area contributed by atoms with Crippen molar-refractivity contribution >= 4 is 22.3 Å². The van der Waals surface area contributed by atoms with Crippen LogP contribution < -0.4 is 5.32 Å². The van der Waals surface area contributed by atoms with Crippen LogP contribution in [0.25, 0.3) is 0 Å². The lowest BCUT2D eigenvalue weighted by Crippen LogP contribution is -2.41. The van der Waals surface area contributed by atoms with Crippen LogP contribution in [0.4, 0.5) is 0 Å². The number of nitrogens with one attached hydrogen (secondary N) is 1. The summed E-state index contributed by atoms with van der Waals surface area (Å²) in [4.78, 5) is 20.1. The van der Waals surface area contributed by atoms with Crippen molar-refractivity contribution < 1.29 is 22.6 Å². The van der Waals surface area contributed by atoms with E-state index >= 15 is 0 Å². The highest BCUT2D eigenvalue weighted by atomic mass is 32.2. The molecule has 1 atom stereocenters. The summed E-state index contributed by atoms with van der Waals surface area (Å²) in [7, 11) is -4.52. The summed E-state index contributed by atoms with van der Waals surface area (Å²) in [6.07, 6.45) is 0.0276. The molecule has 1 amide bonds. The normalized spacial score (nSPS) is 13.6. The van der Waals surface area contributed by atoms with Crippen LogP contribution in [0, 0.1) is 0 Å². The van der Waals surface area contributed by atoms with Gasteiger partial charge in [-0.15, -0.1) is 0 Å². The maximum absolute atomic E-state index is 10.4. The van der Waals surface area contributed by atoms with Crippen LogP contribution in [0.2, 0.25) is 0 Å². The molecule has 0 aromatic rings. The van der Waals surface area contributed by atoms with Gasteiger partial charge in [0.05, 0.1) is 0 Å². The van der Waals surface area contributed by atoms with E-state index in [4.69, 9.17) is 4.55 Å². The SMILES string of the molecule is CC(=O)C(NC=O)S(=O)(=O)O. The van der Waals surface area contributed by atoms with Gasteiger partial charge in [-0.25, -0.2) is 0 Å². The fraction of sp³-hybridized carbons (Fsp3) is 0.500. The third-order valence-corrected chi connectivity index (χ3v) is 1.95. The first-order valence-electron chi connectivity index (χ1n) is 2.56. The molecule has 1 unspecified atom stereocenters. The second kappa shape index (κ2) is 3.44. The molecule has 7 heteroatoms. The fourth-order valence-electron chi connectivity index (χ4n) is 0.475. The Morgan fingerprint density at radius 3 is 2.18 bits per heavy atom. The Bertz CT molecular complexity index is 256. The number of amides is 1. The highest BCUT2D eigenvalue weighted by Gasteiger charge is 2.26. The van der Waals surface area contributed by atoms with Gasteiger partial charge in [0, 0.05) is 0 Å². The van der Waals surface area contributed by atoms with E-state index < -0.39 is 21.3 Å². The maximum Gasteiger partial charge on any atom is 0.293 e. The third kappa shape index (κ3) is 3.10. The van der Waals surface area contributed by atoms with Gasteiger partial charge < -0.3 is 5.32 Å². The number of carbonyl (C=O) groups is 2. The van der Waals surface area contributed by atoms with Crippen molar-refractivity contribution in [3.05, 3.63) is 0 Å². The molecule has 6 nitrogen and oxygen atoms in total. The minimum Gasteiger partial charge on any atom is -0.334 e. The van der Waals surface area contributed by atoms with Crippen molar-refractivity contribution in [1.82, 2.24) is 5.32 Å². The molecular weight excluding hydrogens is 174 g/mol. The van der Waals surface area contributed by atoms with Crippen LogP contribution in [-0.4, -0.2) is 30.5 Å². The van der Waals surface area contributed by atoms with Gasteiger partial charge in [-0.3, -0.25) is 14.1 Å². The van der Waals surface area contributed by atoms with Crippen LogP contribution in [0.15, 0.2) is 0 Å². The Morgan fingerprint density at radius 2 is 2.09 bits per heavy atom. The fourth-order valence-corrected chi connectivity index (χ4v) is 1.12. The quantitative estimate of drug-likeness (QED) is 0.407. The van der Waals surface area contributed by atoms with E-state index in [9.17, 15) is 18.0 Å². The molecule has 0 aliphatic carbocycles. The summed E-state index contributed by atoms with van der Waals surface area (Å²) in [6.45, 7) is 0.939. The van der Waals surface area contributed by atoms with E-state index in [1.54, 1.807) is 5.32 Å². The number of carbonyl (C=O) groups excluding carboxylic acids is 2. The van der Waals surface area contributed by atoms with Gasteiger partial charge in [-0.2, -0.15) is 8.42 Å². The van der Waals surface area contributed by atoms with Crippen molar-refractivity contribution in [3.63, 3.8) is 0 Å². The zero-order valence-corrected chi connectivity index (χ0v) is 6.46. The average Bonchev–Trinajstić information content (AvgIpc) is 1.79. The Labute approximate surface area is 63.3 Å². The van der Waals surface area contributed by atoms with Crippen LogP contribution in [0.5, 0.6) is 0 Å². The molecule has 11 heavy (non-hydrogen) atoms. The Hall–Kier alpha value is -0.950. The van der Waals surface area contributed by atoms with Crippen molar-refractivity contribution in [2.75, 3.05) is 0 Å². The van der Waals surface area contributed by atoms with Crippen LogP contribution in [0.3, 0.4) is 0 Å². The van der Waals surface area contributed by atoms with E-state index in [0.29, 0.717) is 0 Å². The molecule has 0 bridgehead atoms. The zero-order valence-electron chi connectivity index (χ0n) is 5.64. The van der Waals surface area contributed by atoms with Gasteiger partial charge in [0.15, 0.2) is 5.78 Å². The monoisotopic (exact) mass is 181 g/mol. The Balaban J connectivity index is 4.62. The lowest BCUT2D eigenvalue weighted by molar-refractivity contribution is -0.119. The molecule has 0 radical (unpaired) electrons. The molecule has 2 N–H and O–H groups in total. The van der Waals surface area contributed by atoms with Gasteiger partial charge in [-0.05, 0) is 6.92 Å². The molecule has 0 saturated carbocycles. The average molecular weight is 181 g/mol. The molecule has 0 spiro atoms. The summed E-state index contributed by atoms with van der Waals surface area (Å²) in [5.74, 6) is -0.848. The first-order chi connectivity index (χ1) is 4.89. The predicted octanol–water partition coefficient (Wildman–Crippen LogP) is -1.46. The first-order valence-corrected chi connectivity index (χ1v) is 4.06. The molecule has 0 heterocycles. The van der Waals surface area contributed by atoms with Crippen molar-refractivity contribution in [1.29, 1.82) is 0 Å². The van der Waals surface area contributed by atoms with E-state index in [-0.39, 0.29) is 6.41 Å². The van der Waals surface area contributed by atoms with E-state index in [1.807, 2.05) is 0 Å². The molecule has 0 saturated heterocycles. The summed E-state index contributed by atoms with van der Waals surface area (Å²) in [5.41, 5.74) is 0. The molecule has 0 aliphatic rings. The van der Waals surface area contributed by atoms with Crippen LogP contribution >= 0.6 is 0 Å². The summed E-state index contributed by atoms with van der Waals surface area (Å²) in [5, 5.41) is -0.193. The minimum atomic E-state index is -4.52. The van der Waals surface area contributed by atoms with E-state index in [1.165, 1.54) is 0 Å². The number of rotatable bonds is 4. The highest BCUT2D eigenvalue weighted by molar-refractivity contribution is 7.87. The van der Waals surface area contributed by atoms with Gasteiger partial charge >= 0.3 is 0 Å². The topological polar surface area (TPSA) is 101 Å². The van der Waals surface area contributed by atoms with Gasteiger partial charge in [-0.1, -0.05) is 0 Å². The van der Waals surface area contributed by atoms with Gasteiger partial charge in [0.25, 0.3) is 10.1 Å². The lowest BCUT2D eigenvalue weighted by atomic mass is 10.4. The van der Waals surface area contributed by atoms with E-state index in [2.05, 4.69) is 0 Å². The first kappa shape index (κ1) is 10.0. The summed E-state index contributed by atoms with van der Waals surface area (Å²) in [6, 6.07) is 0. The largest absolute Gasteiger partial charge is 0.334 e. The van der Waals surface area contributed by atoms with Gasteiger partial charge in [0.2, 0.25) is 11.8 Å². The third-order valence-electron chi connectivity index (χ3n) is 0.887. The maximum atomic E-state index is 10.4. The number of Topliss-reactive ketones (excluding diaryl/α,β-unsaturated/α-hetero) is 1. The Kier molecular flexibility index (Phi) is 3.15. The van der Waals surface area contributed by atoms with Crippen molar-refractivity contribution in [3.8, 4) is 0 Å².